The van der Waals surface area contributed by atoms with Crippen LogP contribution in [0.3, 0.4) is 0 Å². The fraction of sp³-hybridized carbons (Fsp3) is 0.615. The lowest BCUT2D eigenvalue weighted by atomic mass is 10.2. The van der Waals surface area contributed by atoms with Crippen LogP contribution >= 0.6 is 0 Å². The molecule has 0 saturated carbocycles. The van der Waals surface area contributed by atoms with Crippen LogP contribution in [0, 0.1) is 0 Å². The number of nitrogens with zero attached hydrogens (tertiary/aromatic N) is 1. The molecule has 0 spiro atoms. The van der Waals surface area contributed by atoms with Crippen molar-refractivity contribution in [3.05, 3.63) is 12.7 Å². The van der Waals surface area contributed by atoms with Crippen LogP contribution in [0.5, 0.6) is 0 Å². The van der Waals surface area contributed by atoms with Crippen molar-refractivity contribution in [2.45, 2.75) is 12.5 Å². The number of hydroxylamine groups is 2. The minimum atomic E-state index is -1.19. The van der Waals surface area contributed by atoms with Gasteiger partial charge in [-0.05, 0) is 0 Å². The lowest BCUT2D eigenvalue weighted by molar-refractivity contribution is -0.165. The van der Waals surface area contributed by atoms with Gasteiger partial charge in [-0.1, -0.05) is 6.08 Å². The fourth-order valence-electron chi connectivity index (χ4n) is 1.58. The number of amides is 1. The van der Waals surface area contributed by atoms with Crippen molar-refractivity contribution in [1.82, 2.24) is 21.0 Å². The van der Waals surface area contributed by atoms with Gasteiger partial charge in [-0.3, -0.25) is 19.6 Å². The predicted molar refractivity (Wildman–Crippen MR) is 81.1 cm³/mol. The molecule has 0 aliphatic heterocycles. The number of aliphatic carboxylic acids is 2. The molecule has 1 unspecified atom stereocenters. The Morgan fingerprint density at radius 2 is 1.70 bits per heavy atom. The highest BCUT2D eigenvalue weighted by Crippen LogP contribution is 1.97. The summed E-state index contributed by atoms with van der Waals surface area (Å²) in [5, 5.41) is 35.5. The van der Waals surface area contributed by atoms with Crippen LogP contribution in [0.2, 0.25) is 0 Å². The van der Waals surface area contributed by atoms with Crippen molar-refractivity contribution in [1.29, 1.82) is 0 Å². The van der Waals surface area contributed by atoms with E-state index in [1.165, 1.54) is 6.08 Å². The van der Waals surface area contributed by atoms with Gasteiger partial charge in [0.05, 0.1) is 19.5 Å². The first-order chi connectivity index (χ1) is 10.9. The van der Waals surface area contributed by atoms with Crippen LogP contribution in [0.1, 0.15) is 6.42 Å². The number of rotatable bonds is 14. The second kappa shape index (κ2) is 12.5. The lowest BCUT2D eigenvalue weighted by Gasteiger charge is -2.17. The molecular formula is C13H24N4O6. The summed E-state index contributed by atoms with van der Waals surface area (Å²) in [6.07, 6.45) is 0.948. The van der Waals surface area contributed by atoms with Gasteiger partial charge in [-0.15, -0.1) is 6.58 Å². The Balaban J connectivity index is 3.89. The molecule has 132 valence electrons. The molecule has 0 saturated heterocycles. The first kappa shape index (κ1) is 21.0. The molecule has 0 aliphatic carbocycles. The van der Waals surface area contributed by atoms with Gasteiger partial charge in [0.1, 0.15) is 6.04 Å². The normalized spacial score (nSPS) is 11.7. The van der Waals surface area contributed by atoms with Crippen molar-refractivity contribution < 1.29 is 29.8 Å². The zero-order chi connectivity index (χ0) is 17.7. The highest BCUT2D eigenvalue weighted by Gasteiger charge is 2.22. The molecule has 6 N–H and O–H groups in total. The zero-order valence-electron chi connectivity index (χ0n) is 12.8. The van der Waals surface area contributed by atoms with Crippen molar-refractivity contribution in [2.24, 2.45) is 0 Å². The van der Waals surface area contributed by atoms with Gasteiger partial charge in [0, 0.05) is 26.2 Å². The van der Waals surface area contributed by atoms with E-state index in [1.807, 2.05) is 0 Å². The van der Waals surface area contributed by atoms with Gasteiger partial charge in [0.25, 0.3) is 0 Å². The largest absolute Gasteiger partial charge is 0.480 e. The number of hydrogen-bond donors (Lipinski definition) is 6. The average molecular weight is 332 g/mol. The molecule has 0 aromatic carbocycles. The van der Waals surface area contributed by atoms with Gasteiger partial charge < -0.3 is 26.2 Å². The van der Waals surface area contributed by atoms with Crippen molar-refractivity contribution in [3.63, 3.8) is 0 Å². The number of carboxylic acids is 2. The standard InChI is InChI=1S/C13H24N4O6/c1-2-7-17(23)11(18)8-10(13(21)22)16-6-5-14-3-4-15-9-12(19)20/h2,10,14-16,23H,1,3-9H2,(H,19,20)(H,21,22). The van der Waals surface area contributed by atoms with Gasteiger partial charge in [0.2, 0.25) is 5.91 Å². The Labute approximate surface area is 134 Å². The SMILES string of the molecule is C=CCN(O)C(=O)CC(NCCNCCNCC(=O)O)C(=O)O. The Hall–Kier alpha value is -2.01. The van der Waals surface area contributed by atoms with E-state index in [1.54, 1.807) is 0 Å². The number of carbonyl (C=O) groups is 3. The first-order valence-corrected chi connectivity index (χ1v) is 7.08. The quantitative estimate of drug-likeness (QED) is 0.0926. The van der Waals surface area contributed by atoms with E-state index in [9.17, 15) is 19.6 Å². The van der Waals surface area contributed by atoms with Crippen LogP contribution in [-0.4, -0.2) is 83.6 Å². The Kier molecular flexibility index (Phi) is 11.4. The summed E-state index contributed by atoms with van der Waals surface area (Å²) in [5.74, 6) is -2.83. The molecule has 0 rings (SSSR count). The molecule has 23 heavy (non-hydrogen) atoms. The third kappa shape index (κ3) is 11.2. The van der Waals surface area contributed by atoms with Gasteiger partial charge in [-0.25, -0.2) is 5.06 Å². The third-order valence-corrected chi connectivity index (χ3v) is 2.71. The Morgan fingerprint density at radius 3 is 2.26 bits per heavy atom. The summed E-state index contributed by atoms with van der Waals surface area (Å²) in [6, 6.07) is -1.10. The van der Waals surface area contributed by atoms with Crippen molar-refractivity contribution in [2.75, 3.05) is 39.3 Å². The minimum Gasteiger partial charge on any atom is -0.480 e. The van der Waals surface area contributed by atoms with Crippen molar-refractivity contribution >= 4 is 17.8 Å². The maximum Gasteiger partial charge on any atom is 0.321 e. The molecule has 10 heteroatoms. The topological polar surface area (TPSA) is 151 Å². The molecule has 10 nitrogen and oxygen atoms in total. The molecule has 0 aromatic rings. The molecule has 0 aliphatic rings. The molecule has 0 bridgehead atoms. The molecule has 1 amide bonds. The summed E-state index contributed by atoms with van der Waals surface area (Å²) in [4.78, 5) is 32.9. The van der Waals surface area contributed by atoms with E-state index in [0.29, 0.717) is 31.2 Å². The van der Waals surface area contributed by atoms with Crippen LogP contribution in [-0.2, 0) is 14.4 Å². The van der Waals surface area contributed by atoms with Gasteiger partial charge >= 0.3 is 11.9 Å². The molecule has 1 atom stereocenters. The summed E-state index contributed by atoms with van der Waals surface area (Å²) in [6.45, 7) is 4.91. The van der Waals surface area contributed by atoms with Crippen LogP contribution in [0.25, 0.3) is 0 Å². The van der Waals surface area contributed by atoms with Crippen molar-refractivity contribution in [3.8, 4) is 0 Å². The van der Waals surface area contributed by atoms with Crippen LogP contribution < -0.4 is 16.0 Å². The van der Waals surface area contributed by atoms with E-state index < -0.39 is 23.9 Å². The molecule has 0 aromatic heterocycles. The summed E-state index contributed by atoms with van der Waals surface area (Å²) >= 11 is 0. The van der Waals surface area contributed by atoms with E-state index in [-0.39, 0.29) is 19.5 Å². The van der Waals surface area contributed by atoms with Crippen LogP contribution in [0.4, 0.5) is 0 Å². The van der Waals surface area contributed by atoms with Gasteiger partial charge in [0.15, 0.2) is 0 Å². The fourth-order valence-corrected chi connectivity index (χ4v) is 1.58. The Bertz CT molecular complexity index is 404. The number of carbonyl (C=O) groups excluding carboxylic acids is 1. The molecule has 0 heterocycles. The first-order valence-electron chi connectivity index (χ1n) is 7.08. The lowest BCUT2D eigenvalue weighted by Crippen LogP contribution is -2.44. The third-order valence-electron chi connectivity index (χ3n) is 2.71. The number of hydrogen-bond acceptors (Lipinski definition) is 7. The molecule has 0 radical (unpaired) electrons. The predicted octanol–water partition coefficient (Wildman–Crippen LogP) is -1.91. The maximum absolute atomic E-state index is 11.6. The zero-order valence-corrected chi connectivity index (χ0v) is 12.8. The van der Waals surface area contributed by atoms with Crippen LogP contribution in [0.15, 0.2) is 12.7 Å². The maximum atomic E-state index is 11.6. The summed E-state index contributed by atoms with van der Waals surface area (Å²) < 4.78 is 0. The second-order valence-corrected chi connectivity index (χ2v) is 4.63. The van der Waals surface area contributed by atoms with E-state index in [4.69, 9.17) is 10.2 Å². The average Bonchev–Trinajstić information content (AvgIpc) is 2.48. The van der Waals surface area contributed by atoms with E-state index in [0.717, 1.165) is 0 Å². The highest BCUT2D eigenvalue weighted by molar-refractivity contribution is 5.83. The molecule has 0 fully saturated rings. The minimum absolute atomic E-state index is 0.0733. The smallest absolute Gasteiger partial charge is 0.321 e. The second-order valence-electron chi connectivity index (χ2n) is 4.63. The van der Waals surface area contributed by atoms with Gasteiger partial charge in [-0.2, -0.15) is 0 Å². The monoisotopic (exact) mass is 332 g/mol. The number of nitrogens with one attached hydrogen (secondary N) is 3. The van der Waals surface area contributed by atoms with E-state index >= 15 is 0 Å². The summed E-state index contributed by atoms with van der Waals surface area (Å²) in [7, 11) is 0. The van der Waals surface area contributed by atoms with E-state index in [2.05, 4.69) is 22.5 Å². The highest BCUT2D eigenvalue weighted by atomic mass is 16.5. The number of carboxylic acid groups (broad SMARTS) is 2. The molecular weight excluding hydrogens is 308 g/mol. The Morgan fingerprint density at radius 1 is 1.09 bits per heavy atom. The summed E-state index contributed by atoms with van der Waals surface area (Å²) in [5.41, 5.74) is 0.